The first-order valence-corrected chi connectivity index (χ1v) is 11.7. The Kier molecular flexibility index (Phi) is 7.11. The summed E-state index contributed by atoms with van der Waals surface area (Å²) in [6, 6.07) is 8.29. The fourth-order valence-corrected chi connectivity index (χ4v) is 4.86. The van der Waals surface area contributed by atoms with E-state index in [1.807, 2.05) is 52.0 Å². The van der Waals surface area contributed by atoms with Crippen LogP contribution >= 0.6 is 11.8 Å². The molecule has 0 spiro atoms. The van der Waals surface area contributed by atoms with Crippen LogP contribution in [0.25, 0.3) is 11.4 Å². The van der Waals surface area contributed by atoms with Crippen LogP contribution in [0.1, 0.15) is 66.3 Å². The molecule has 1 saturated carbocycles. The lowest BCUT2D eigenvalue weighted by atomic mass is 9.85. The zero-order valence-electron chi connectivity index (χ0n) is 18.9. The molecule has 0 bridgehead atoms. The molecule has 0 saturated heterocycles. The first-order chi connectivity index (χ1) is 14.2. The summed E-state index contributed by atoms with van der Waals surface area (Å²) in [4.78, 5) is 12.7. The third-order valence-electron chi connectivity index (χ3n) is 5.56. The minimum absolute atomic E-state index is 0.0183. The summed E-state index contributed by atoms with van der Waals surface area (Å²) in [5, 5.41) is 12.7. The van der Waals surface area contributed by atoms with Crippen LogP contribution in [-0.4, -0.2) is 38.6 Å². The number of aromatic nitrogens is 3. The largest absolute Gasteiger partial charge is 0.497 e. The molecule has 30 heavy (non-hydrogen) atoms. The molecular weight excluding hydrogens is 396 g/mol. The number of nitrogens with one attached hydrogen (secondary N) is 1. The Morgan fingerprint density at radius 3 is 2.47 bits per heavy atom. The molecule has 164 valence electrons. The molecule has 3 rings (SSSR count). The fourth-order valence-electron chi connectivity index (χ4n) is 3.96. The lowest BCUT2D eigenvalue weighted by molar-refractivity contribution is -0.121. The molecule has 1 amide bonds. The van der Waals surface area contributed by atoms with E-state index in [9.17, 15) is 4.79 Å². The molecule has 0 radical (unpaired) electrons. The quantitative estimate of drug-likeness (QED) is 0.646. The van der Waals surface area contributed by atoms with Crippen molar-refractivity contribution in [1.82, 2.24) is 20.1 Å². The molecule has 1 aliphatic rings. The van der Waals surface area contributed by atoms with Gasteiger partial charge in [0.2, 0.25) is 5.91 Å². The minimum atomic E-state index is -0.258. The summed E-state index contributed by atoms with van der Waals surface area (Å²) in [5.41, 5.74) is 0.755. The van der Waals surface area contributed by atoms with Crippen LogP contribution in [0, 0.1) is 5.92 Å². The fraction of sp³-hybridized carbons (Fsp3) is 0.609. The average Bonchev–Trinajstić information content (AvgIpc) is 3.10. The first-order valence-electron chi connectivity index (χ1n) is 10.8. The Labute approximate surface area is 184 Å². The number of ether oxygens (including phenoxy) is 1. The molecular formula is C23H34N4O2S. The number of benzene rings is 1. The summed E-state index contributed by atoms with van der Waals surface area (Å²) in [6.07, 6.45) is 4.79. The van der Waals surface area contributed by atoms with Gasteiger partial charge in [-0.25, -0.2) is 0 Å². The summed E-state index contributed by atoms with van der Waals surface area (Å²) >= 11 is 1.49. The van der Waals surface area contributed by atoms with Crippen molar-refractivity contribution in [3.63, 3.8) is 0 Å². The molecule has 1 aromatic carbocycles. The minimum Gasteiger partial charge on any atom is -0.497 e. The van der Waals surface area contributed by atoms with Crippen molar-refractivity contribution < 1.29 is 9.53 Å². The zero-order chi connectivity index (χ0) is 21.9. The van der Waals surface area contributed by atoms with Gasteiger partial charge in [-0.05, 0) is 70.7 Å². The highest BCUT2D eigenvalue weighted by Crippen LogP contribution is 2.39. The van der Waals surface area contributed by atoms with Gasteiger partial charge in [-0.3, -0.25) is 9.36 Å². The maximum Gasteiger partial charge on any atom is 0.233 e. The standard InChI is InChI=1S/C23H34N4O2S/c1-15-9-7-8-10-19(15)27-20(17-11-13-18(29-6)14-12-17)25-26-22(27)30-16(2)21(28)24-23(3,4)5/h11-16,19H,7-10H2,1-6H3,(H,24,28)/t15-,16+,19+/m1/s1. The van der Waals surface area contributed by atoms with E-state index in [1.54, 1.807) is 7.11 Å². The third kappa shape index (κ3) is 5.36. The summed E-state index contributed by atoms with van der Waals surface area (Å²) in [5.74, 6) is 2.25. The lowest BCUT2D eigenvalue weighted by Crippen LogP contribution is -2.44. The Hall–Kier alpha value is -2.02. The van der Waals surface area contributed by atoms with Crippen molar-refractivity contribution in [2.24, 2.45) is 5.92 Å². The van der Waals surface area contributed by atoms with Crippen LogP contribution in [0.2, 0.25) is 0 Å². The summed E-state index contributed by atoms with van der Waals surface area (Å²) < 4.78 is 7.58. The lowest BCUT2D eigenvalue weighted by Gasteiger charge is -2.32. The highest BCUT2D eigenvalue weighted by molar-refractivity contribution is 8.00. The van der Waals surface area contributed by atoms with Crippen molar-refractivity contribution in [3.05, 3.63) is 24.3 Å². The van der Waals surface area contributed by atoms with E-state index in [0.29, 0.717) is 12.0 Å². The predicted octanol–water partition coefficient (Wildman–Crippen LogP) is 5.10. The molecule has 0 aliphatic heterocycles. The van der Waals surface area contributed by atoms with Crippen LogP contribution in [0.3, 0.4) is 0 Å². The average molecular weight is 431 g/mol. The number of carbonyl (C=O) groups excluding carboxylic acids is 1. The summed E-state index contributed by atoms with van der Waals surface area (Å²) in [7, 11) is 1.67. The number of thioether (sulfide) groups is 1. The van der Waals surface area contributed by atoms with Gasteiger partial charge in [-0.1, -0.05) is 31.5 Å². The van der Waals surface area contributed by atoms with Crippen molar-refractivity contribution in [1.29, 1.82) is 0 Å². The monoisotopic (exact) mass is 430 g/mol. The van der Waals surface area contributed by atoms with E-state index in [4.69, 9.17) is 4.74 Å². The highest BCUT2D eigenvalue weighted by atomic mass is 32.2. The van der Waals surface area contributed by atoms with Gasteiger partial charge in [-0.15, -0.1) is 10.2 Å². The Morgan fingerprint density at radius 2 is 1.87 bits per heavy atom. The molecule has 3 atom stereocenters. The normalized spacial score (nSPS) is 20.6. The third-order valence-corrected chi connectivity index (χ3v) is 6.62. The zero-order valence-corrected chi connectivity index (χ0v) is 19.8. The van der Waals surface area contributed by atoms with Crippen LogP contribution in [0.5, 0.6) is 5.75 Å². The molecule has 1 fully saturated rings. The predicted molar refractivity (Wildman–Crippen MR) is 122 cm³/mol. The van der Waals surface area contributed by atoms with E-state index in [0.717, 1.165) is 28.7 Å². The molecule has 7 heteroatoms. The number of carbonyl (C=O) groups is 1. The Morgan fingerprint density at radius 1 is 1.20 bits per heavy atom. The smallest absolute Gasteiger partial charge is 0.233 e. The van der Waals surface area contributed by atoms with E-state index < -0.39 is 0 Å². The van der Waals surface area contributed by atoms with Gasteiger partial charge < -0.3 is 10.1 Å². The SMILES string of the molecule is COc1ccc(-c2nnc(S[C@@H](C)C(=O)NC(C)(C)C)n2[C@H]2CCCC[C@H]2C)cc1. The van der Waals surface area contributed by atoms with Crippen molar-refractivity contribution >= 4 is 17.7 Å². The number of hydrogen-bond donors (Lipinski definition) is 1. The van der Waals surface area contributed by atoms with E-state index in [1.165, 1.54) is 31.0 Å². The number of rotatable bonds is 6. The number of nitrogens with zero attached hydrogens (tertiary/aromatic N) is 3. The van der Waals surface area contributed by atoms with Gasteiger partial charge in [0.15, 0.2) is 11.0 Å². The second-order valence-corrected chi connectivity index (χ2v) is 10.5. The topological polar surface area (TPSA) is 69.0 Å². The van der Waals surface area contributed by atoms with Crippen molar-refractivity contribution in [2.45, 2.75) is 82.3 Å². The molecule has 2 aromatic rings. The van der Waals surface area contributed by atoms with Gasteiger partial charge in [0.1, 0.15) is 5.75 Å². The number of amides is 1. The Bertz CT molecular complexity index is 857. The second kappa shape index (κ2) is 9.41. The second-order valence-electron chi connectivity index (χ2n) is 9.23. The van der Waals surface area contributed by atoms with Crippen LogP contribution < -0.4 is 10.1 Å². The number of methoxy groups -OCH3 is 1. The first kappa shape index (κ1) is 22.7. The van der Waals surface area contributed by atoms with Crippen molar-refractivity contribution in [3.8, 4) is 17.1 Å². The van der Waals surface area contributed by atoms with Gasteiger partial charge in [0.05, 0.1) is 12.4 Å². The molecule has 0 unspecified atom stereocenters. The van der Waals surface area contributed by atoms with Gasteiger partial charge in [-0.2, -0.15) is 0 Å². The van der Waals surface area contributed by atoms with E-state index in [-0.39, 0.29) is 16.7 Å². The highest BCUT2D eigenvalue weighted by Gasteiger charge is 2.30. The molecule has 1 heterocycles. The number of hydrogen-bond acceptors (Lipinski definition) is 5. The van der Waals surface area contributed by atoms with E-state index in [2.05, 4.69) is 27.0 Å². The van der Waals surface area contributed by atoms with Crippen molar-refractivity contribution in [2.75, 3.05) is 7.11 Å². The maximum atomic E-state index is 12.7. The van der Waals surface area contributed by atoms with Crippen LogP contribution in [0.15, 0.2) is 29.4 Å². The molecule has 6 nitrogen and oxygen atoms in total. The molecule has 1 N–H and O–H groups in total. The maximum absolute atomic E-state index is 12.7. The molecule has 1 aromatic heterocycles. The van der Waals surface area contributed by atoms with E-state index >= 15 is 0 Å². The van der Waals surface area contributed by atoms with Gasteiger partial charge in [0, 0.05) is 17.1 Å². The van der Waals surface area contributed by atoms with Crippen LogP contribution in [-0.2, 0) is 4.79 Å². The van der Waals surface area contributed by atoms with Gasteiger partial charge in [0.25, 0.3) is 0 Å². The van der Waals surface area contributed by atoms with Gasteiger partial charge >= 0.3 is 0 Å². The summed E-state index contributed by atoms with van der Waals surface area (Å²) in [6.45, 7) is 10.2. The Balaban J connectivity index is 1.94. The molecule has 1 aliphatic carbocycles. The van der Waals surface area contributed by atoms with Crippen LogP contribution in [0.4, 0.5) is 0 Å².